The van der Waals surface area contributed by atoms with E-state index in [-0.39, 0.29) is 16.6 Å². The fourth-order valence-electron chi connectivity index (χ4n) is 1.77. The minimum Gasteiger partial charge on any atom is -0.466 e. The number of rotatable bonds is 5. The van der Waals surface area contributed by atoms with Gasteiger partial charge in [0.05, 0.1) is 17.6 Å². The predicted octanol–water partition coefficient (Wildman–Crippen LogP) is 0.975. The number of aromatic nitrogens is 1. The molecule has 0 saturated carbocycles. The zero-order valence-corrected chi connectivity index (χ0v) is 11.3. The number of esters is 2. The highest BCUT2D eigenvalue weighted by Crippen LogP contribution is 2.24. The second kappa shape index (κ2) is 6.04. The van der Waals surface area contributed by atoms with Gasteiger partial charge in [-0.2, -0.15) is 0 Å². The Bertz CT molecular complexity index is 778. The summed E-state index contributed by atoms with van der Waals surface area (Å²) in [4.78, 5) is 47.3. The first kappa shape index (κ1) is 15.2. The van der Waals surface area contributed by atoms with E-state index in [1.807, 2.05) is 0 Å². The molecule has 0 aliphatic rings. The van der Waals surface area contributed by atoms with Crippen LogP contribution in [0.5, 0.6) is 0 Å². The average Bonchev–Trinajstić information content (AvgIpc) is 2.94. The van der Waals surface area contributed by atoms with Crippen molar-refractivity contribution < 1.29 is 28.8 Å². The number of fused-ring (bicyclic) bond motifs is 1. The number of nitrogens with zero attached hydrogens (tertiary/aromatic N) is 1. The average molecular weight is 306 g/mol. The summed E-state index contributed by atoms with van der Waals surface area (Å²) in [7, 11) is 1.11. The number of carbonyl (C=O) groups excluding carboxylic acids is 3. The molecular weight excluding hydrogens is 296 g/mol. The Kier molecular flexibility index (Phi) is 4.16. The molecule has 0 atom stereocenters. The molecule has 1 N–H and O–H groups in total. The Morgan fingerprint density at radius 1 is 1.32 bits per heavy atom. The molecule has 9 nitrogen and oxygen atoms in total. The first-order chi connectivity index (χ1) is 10.4. The van der Waals surface area contributed by atoms with E-state index in [1.165, 1.54) is 24.4 Å². The second-order valence-electron chi connectivity index (χ2n) is 4.17. The van der Waals surface area contributed by atoms with Gasteiger partial charge in [-0.15, -0.1) is 0 Å². The third-order valence-corrected chi connectivity index (χ3v) is 2.85. The quantitative estimate of drug-likeness (QED) is 0.286. The van der Waals surface area contributed by atoms with Crippen molar-refractivity contribution in [3.05, 3.63) is 40.1 Å². The maximum Gasteiger partial charge on any atom is 0.380 e. The van der Waals surface area contributed by atoms with Crippen LogP contribution in [0.25, 0.3) is 10.9 Å². The van der Waals surface area contributed by atoms with Crippen LogP contribution in [0.15, 0.2) is 24.4 Å². The molecule has 0 aliphatic heterocycles. The number of nitro groups is 1. The van der Waals surface area contributed by atoms with Crippen molar-refractivity contribution >= 4 is 34.3 Å². The van der Waals surface area contributed by atoms with Crippen LogP contribution in [0.4, 0.5) is 5.69 Å². The van der Waals surface area contributed by atoms with Gasteiger partial charge >= 0.3 is 11.9 Å². The van der Waals surface area contributed by atoms with E-state index >= 15 is 0 Å². The number of nitrogens with one attached hydrogen (secondary N) is 1. The number of carbonyl (C=O) groups is 3. The van der Waals surface area contributed by atoms with Gasteiger partial charge in [0.1, 0.15) is 0 Å². The smallest absolute Gasteiger partial charge is 0.380 e. The van der Waals surface area contributed by atoms with Crippen molar-refractivity contribution in [3.8, 4) is 0 Å². The summed E-state index contributed by atoms with van der Waals surface area (Å²) < 4.78 is 8.77. The van der Waals surface area contributed by atoms with E-state index < -0.39 is 29.3 Å². The molecule has 0 saturated heterocycles. The number of aromatic amines is 1. The van der Waals surface area contributed by atoms with E-state index in [1.54, 1.807) is 0 Å². The fourth-order valence-corrected chi connectivity index (χ4v) is 1.77. The number of H-pyrrole nitrogens is 1. The highest BCUT2D eigenvalue weighted by Gasteiger charge is 2.23. The molecule has 114 valence electrons. The zero-order chi connectivity index (χ0) is 16.3. The predicted molar refractivity (Wildman–Crippen MR) is 72.3 cm³/mol. The Morgan fingerprint density at radius 2 is 2.05 bits per heavy atom. The van der Waals surface area contributed by atoms with Crippen LogP contribution < -0.4 is 0 Å². The lowest BCUT2D eigenvalue weighted by molar-refractivity contribution is -0.384. The number of hydrogen-bond acceptors (Lipinski definition) is 7. The number of ether oxygens (including phenoxy) is 2. The molecule has 0 unspecified atom stereocenters. The molecule has 1 heterocycles. The number of hydrogen-bond donors (Lipinski definition) is 1. The van der Waals surface area contributed by atoms with Gasteiger partial charge in [0, 0.05) is 29.2 Å². The first-order valence-corrected chi connectivity index (χ1v) is 5.98. The van der Waals surface area contributed by atoms with Crippen molar-refractivity contribution in [2.45, 2.75) is 0 Å². The van der Waals surface area contributed by atoms with Crippen molar-refractivity contribution in [1.82, 2.24) is 4.98 Å². The van der Waals surface area contributed by atoms with Crippen LogP contribution in [0.2, 0.25) is 0 Å². The fraction of sp³-hybridized carbons (Fsp3) is 0.154. The molecule has 2 aromatic rings. The number of ketones is 1. The summed E-state index contributed by atoms with van der Waals surface area (Å²) in [6.07, 6.45) is 1.25. The van der Waals surface area contributed by atoms with Crippen LogP contribution in [-0.4, -0.2) is 41.3 Å². The summed E-state index contributed by atoms with van der Waals surface area (Å²) in [5.41, 5.74) is 0.160. The van der Waals surface area contributed by atoms with E-state index in [2.05, 4.69) is 14.5 Å². The van der Waals surface area contributed by atoms with Crippen LogP contribution >= 0.6 is 0 Å². The number of benzene rings is 1. The highest BCUT2D eigenvalue weighted by atomic mass is 16.6. The summed E-state index contributed by atoms with van der Waals surface area (Å²) >= 11 is 0. The molecule has 0 radical (unpaired) electrons. The standard InChI is InChI=1S/C13H10N2O7/c1-21-11(16)6-22-13(18)12(17)9-5-14-10-3-2-7(15(19)20)4-8(9)10/h2-5,14H,6H2,1H3. The van der Waals surface area contributed by atoms with Gasteiger partial charge in [0.2, 0.25) is 0 Å². The molecule has 1 aromatic carbocycles. The molecule has 0 aliphatic carbocycles. The number of non-ortho nitro benzene ring substituents is 1. The van der Waals surface area contributed by atoms with E-state index in [0.717, 1.165) is 7.11 Å². The van der Waals surface area contributed by atoms with Crippen LogP contribution in [0.1, 0.15) is 10.4 Å². The maximum atomic E-state index is 12.0. The third-order valence-electron chi connectivity index (χ3n) is 2.85. The Balaban J connectivity index is 2.27. The van der Waals surface area contributed by atoms with E-state index in [4.69, 9.17) is 0 Å². The van der Waals surface area contributed by atoms with Gasteiger partial charge in [-0.1, -0.05) is 0 Å². The molecule has 9 heteroatoms. The summed E-state index contributed by atoms with van der Waals surface area (Å²) in [6, 6.07) is 3.86. The van der Waals surface area contributed by atoms with E-state index in [9.17, 15) is 24.5 Å². The lowest BCUT2D eigenvalue weighted by Gasteiger charge is -2.02. The van der Waals surface area contributed by atoms with Gasteiger partial charge in [-0.3, -0.25) is 14.9 Å². The molecule has 22 heavy (non-hydrogen) atoms. The largest absolute Gasteiger partial charge is 0.466 e. The minimum absolute atomic E-state index is 0.0754. The van der Waals surface area contributed by atoms with Crippen molar-refractivity contribution in [3.63, 3.8) is 0 Å². The SMILES string of the molecule is COC(=O)COC(=O)C(=O)c1c[nH]c2ccc([N+](=O)[O-])cc12. The van der Waals surface area contributed by atoms with E-state index in [0.29, 0.717) is 5.52 Å². The van der Waals surface area contributed by atoms with Gasteiger partial charge in [-0.25, -0.2) is 9.59 Å². The second-order valence-corrected chi connectivity index (χ2v) is 4.17. The van der Waals surface area contributed by atoms with Crippen LogP contribution in [0.3, 0.4) is 0 Å². The van der Waals surface area contributed by atoms with Crippen molar-refractivity contribution in [2.75, 3.05) is 13.7 Å². The highest BCUT2D eigenvalue weighted by molar-refractivity contribution is 6.43. The lowest BCUT2D eigenvalue weighted by Crippen LogP contribution is -2.21. The van der Waals surface area contributed by atoms with Gasteiger partial charge in [0.25, 0.3) is 11.5 Å². The number of Topliss-reactive ketones (excluding diaryl/α,β-unsaturated/α-hetero) is 1. The molecule has 1 aromatic heterocycles. The van der Waals surface area contributed by atoms with Gasteiger partial charge in [-0.05, 0) is 6.07 Å². The Labute approximate surface area is 123 Å². The first-order valence-electron chi connectivity index (χ1n) is 5.98. The van der Waals surface area contributed by atoms with Crippen molar-refractivity contribution in [2.24, 2.45) is 0 Å². The Hall–Kier alpha value is -3.23. The summed E-state index contributed by atoms with van der Waals surface area (Å²) in [6.45, 7) is -0.691. The van der Waals surface area contributed by atoms with Gasteiger partial charge in [0.15, 0.2) is 6.61 Å². The lowest BCUT2D eigenvalue weighted by atomic mass is 10.1. The maximum absolute atomic E-state index is 12.0. The summed E-state index contributed by atoms with van der Waals surface area (Å²) in [5.74, 6) is -3.08. The Morgan fingerprint density at radius 3 is 2.68 bits per heavy atom. The molecule has 2 rings (SSSR count). The monoisotopic (exact) mass is 306 g/mol. The molecule has 0 bridgehead atoms. The topological polar surface area (TPSA) is 129 Å². The normalized spacial score (nSPS) is 10.2. The van der Waals surface area contributed by atoms with Crippen LogP contribution in [-0.2, 0) is 19.1 Å². The summed E-state index contributed by atoms with van der Waals surface area (Å²) in [5, 5.41) is 11.0. The van der Waals surface area contributed by atoms with Crippen LogP contribution in [0, 0.1) is 10.1 Å². The molecule has 0 spiro atoms. The van der Waals surface area contributed by atoms with Crippen molar-refractivity contribution in [1.29, 1.82) is 0 Å². The number of nitro benzene ring substituents is 1. The molecule has 0 amide bonds. The number of methoxy groups -OCH3 is 1. The zero-order valence-electron chi connectivity index (χ0n) is 11.3. The molecule has 0 fully saturated rings. The third kappa shape index (κ3) is 2.92. The molecular formula is C13H10N2O7. The minimum atomic E-state index is -1.25. The van der Waals surface area contributed by atoms with Gasteiger partial charge < -0.3 is 14.5 Å².